The van der Waals surface area contributed by atoms with E-state index in [0.29, 0.717) is 11.5 Å². The van der Waals surface area contributed by atoms with Crippen molar-refractivity contribution in [1.29, 1.82) is 0 Å². The maximum atomic E-state index is 3.56. The predicted molar refractivity (Wildman–Crippen MR) is 56.7 cm³/mol. The first-order valence-corrected chi connectivity index (χ1v) is 5.71. The smallest absolute Gasteiger partial charge is 0.00104 e. The summed E-state index contributed by atoms with van der Waals surface area (Å²) in [5.74, 6) is 0.961. The quantitative estimate of drug-likeness (QED) is 0.703. The van der Waals surface area contributed by atoms with Gasteiger partial charge in [-0.2, -0.15) is 0 Å². The second kappa shape index (κ2) is 2.73. The van der Waals surface area contributed by atoms with E-state index in [1.54, 1.807) is 0 Å². The molecule has 2 unspecified atom stereocenters. The number of rotatable bonds is 4. The van der Waals surface area contributed by atoms with Gasteiger partial charge < -0.3 is 5.32 Å². The maximum Gasteiger partial charge on any atom is 0.00104 e. The van der Waals surface area contributed by atoms with Gasteiger partial charge in [-0.15, -0.1) is 0 Å². The van der Waals surface area contributed by atoms with Gasteiger partial charge in [0.05, 0.1) is 0 Å². The molecule has 2 saturated carbocycles. The summed E-state index contributed by atoms with van der Waals surface area (Å²) in [6.07, 6.45) is 4.41. The minimum Gasteiger partial charge on any atom is -0.314 e. The molecule has 76 valence electrons. The van der Waals surface area contributed by atoms with Crippen LogP contribution in [0.25, 0.3) is 0 Å². The zero-order chi connectivity index (χ0) is 9.69. The lowest BCUT2D eigenvalue weighted by atomic mass is 9.87. The van der Waals surface area contributed by atoms with Crippen molar-refractivity contribution in [3.8, 4) is 0 Å². The van der Waals surface area contributed by atoms with E-state index in [1.165, 1.54) is 25.8 Å². The Balaban J connectivity index is 1.80. The fraction of sp³-hybridized carbons (Fsp3) is 1.00. The lowest BCUT2D eigenvalue weighted by Crippen LogP contribution is -2.27. The van der Waals surface area contributed by atoms with Crippen molar-refractivity contribution >= 4 is 0 Å². The molecule has 2 aliphatic rings. The molecular formula is C12H23N. The van der Waals surface area contributed by atoms with Crippen molar-refractivity contribution in [3.05, 3.63) is 0 Å². The minimum absolute atomic E-state index is 0.650. The second-order valence-corrected chi connectivity index (χ2v) is 5.94. The molecule has 0 amide bonds. The van der Waals surface area contributed by atoms with E-state index >= 15 is 0 Å². The van der Waals surface area contributed by atoms with E-state index in [1.807, 2.05) is 0 Å². The van der Waals surface area contributed by atoms with E-state index in [-0.39, 0.29) is 0 Å². The Kier molecular flexibility index (Phi) is 1.99. The van der Waals surface area contributed by atoms with Crippen molar-refractivity contribution in [2.24, 2.45) is 16.7 Å². The zero-order valence-electron chi connectivity index (χ0n) is 9.48. The van der Waals surface area contributed by atoms with Crippen LogP contribution in [0.1, 0.15) is 47.0 Å². The fourth-order valence-corrected chi connectivity index (χ4v) is 2.63. The molecule has 0 aromatic heterocycles. The van der Waals surface area contributed by atoms with Crippen LogP contribution >= 0.6 is 0 Å². The van der Waals surface area contributed by atoms with Crippen LogP contribution in [0, 0.1) is 16.7 Å². The van der Waals surface area contributed by atoms with Crippen LogP contribution in [0.2, 0.25) is 0 Å². The molecule has 1 N–H and O–H groups in total. The third kappa shape index (κ3) is 1.52. The first-order chi connectivity index (χ1) is 5.98. The Morgan fingerprint density at radius 3 is 2.38 bits per heavy atom. The summed E-state index contributed by atoms with van der Waals surface area (Å²) in [6.45, 7) is 10.7. The highest BCUT2D eigenvalue weighted by Gasteiger charge is 2.65. The molecule has 2 atom stereocenters. The highest BCUT2D eigenvalue weighted by Crippen LogP contribution is 2.72. The Morgan fingerprint density at radius 2 is 1.92 bits per heavy atom. The molecule has 13 heavy (non-hydrogen) atoms. The molecule has 0 aromatic carbocycles. The molecule has 1 nitrogen and oxygen atoms in total. The molecule has 0 aliphatic heterocycles. The van der Waals surface area contributed by atoms with Crippen molar-refractivity contribution < 1.29 is 0 Å². The van der Waals surface area contributed by atoms with Gasteiger partial charge in [0.1, 0.15) is 0 Å². The molecule has 0 bridgehead atoms. The molecule has 2 fully saturated rings. The van der Waals surface area contributed by atoms with Crippen LogP contribution in [0.4, 0.5) is 0 Å². The third-order valence-electron chi connectivity index (χ3n) is 4.56. The van der Waals surface area contributed by atoms with Crippen LogP contribution in [-0.2, 0) is 0 Å². The van der Waals surface area contributed by atoms with Gasteiger partial charge in [-0.1, -0.05) is 27.7 Å². The summed E-state index contributed by atoms with van der Waals surface area (Å²) in [5, 5.41) is 3.56. The SMILES string of the molecule is CC(C)NCC1CC1(C)C1(C)CC1. The van der Waals surface area contributed by atoms with Gasteiger partial charge in [0.2, 0.25) is 0 Å². The summed E-state index contributed by atoms with van der Waals surface area (Å²) >= 11 is 0. The van der Waals surface area contributed by atoms with E-state index in [9.17, 15) is 0 Å². The highest BCUT2D eigenvalue weighted by molar-refractivity contribution is 5.15. The van der Waals surface area contributed by atoms with E-state index < -0.39 is 0 Å². The molecule has 2 rings (SSSR count). The summed E-state index contributed by atoms with van der Waals surface area (Å²) < 4.78 is 0. The monoisotopic (exact) mass is 181 g/mol. The average Bonchev–Trinajstić information content (AvgIpc) is 2.88. The summed E-state index contributed by atoms with van der Waals surface area (Å²) in [6, 6.07) is 0.650. The van der Waals surface area contributed by atoms with Crippen LogP contribution < -0.4 is 5.32 Å². The van der Waals surface area contributed by atoms with Crippen LogP contribution in [0.3, 0.4) is 0 Å². The first kappa shape index (κ1) is 9.51. The highest BCUT2D eigenvalue weighted by atomic mass is 14.9. The van der Waals surface area contributed by atoms with E-state index in [4.69, 9.17) is 0 Å². The van der Waals surface area contributed by atoms with Crippen molar-refractivity contribution in [3.63, 3.8) is 0 Å². The van der Waals surface area contributed by atoms with E-state index in [0.717, 1.165) is 11.3 Å². The maximum absolute atomic E-state index is 3.56. The predicted octanol–water partition coefficient (Wildman–Crippen LogP) is 2.81. The number of hydrogen-bond acceptors (Lipinski definition) is 1. The molecule has 0 saturated heterocycles. The molecule has 1 heteroatoms. The summed E-state index contributed by atoms with van der Waals surface area (Å²) in [5.41, 5.74) is 1.41. The largest absolute Gasteiger partial charge is 0.314 e. The Labute approximate surface area is 82.3 Å². The van der Waals surface area contributed by atoms with Gasteiger partial charge in [0.25, 0.3) is 0 Å². The lowest BCUT2D eigenvalue weighted by molar-refractivity contribution is 0.300. The minimum atomic E-state index is 0.650. The van der Waals surface area contributed by atoms with Gasteiger partial charge in [0.15, 0.2) is 0 Å². The molecule has 0 spiro atoms. The molecule has 2 aliphatic carbocycles. The number of nitrogens with one attached hydrogen (secondary N) is 1. The van der Waals surface area contributed by atoms with Crippen LogP contribution in [0.15, 0.2) is 0 Å². The normalized spacial score (nSPS) is 40.8. The zero-order valence-corrected chi connectivity index (χ0v) is 9.48. The topological polar surface area (TPSA) is 12.0 Å². The van der Waals surface area contributed by atoms with E-state index in [2.05, 4.69) is 33.0 Å². The number of hydrogen-bond donors (Lipinski definition) is 1. The Bertz CT molecular complexity index is 205. The van der Waals surface area contributed by atoms with Gasteiger partial charge in [-0.3, -0.25) is 0 Å². The van der Waals surface area contributed by atoms with Gasteiger partial charge in [-0.05, 0) is 42.6 Å². The average molecular weight is 181 g/mol. The Morgan fingerprint density at radius 1 is 1.31 bits per heavy atom. The van der Waals surface area contributed by atoms with Crippen LogP contribution in [-0.4, -0.2) is 12.6 Å². The van der Waals surface area contributed by atoms with Gasteiger partial charge in [-0.25, -0.2) is 0 Å². The third-order valence-corrected chi connectivity index (χ3v) is 4.56. The standard InChI is InChI=1S/C12H23N/c1-9(2)13-8-10-7-12(10,4)11(3)5-6-11/h9-10,13H,5-8H2,1-4H3. The first-order valence-electron chi connectivity index (χ1n) is 5.71. The molecule has 0 radical (unpaired) electrons. The fourth-order valence-electron chi connectivity index (χ4n) is 2.63. The van der Waals surface area contributed by atoms with Gasteiger partial charge in [0, 0.05) is 6.04 Å². The van der Waals surface area contributed by atoms with Crippen LogP contribution in [0.5, 0.6) is 0 Å². The van der Waals surface area contributed by atoms with Gasteiger partial charge >= 0.3 is 0 Å². The second-order valence-electron chi connectivity index (χ2n) is 5.94. The molecular weight excluding hydrogens is 158 g/mol. The lowest BCUT2D eigenvalue weighted by Gasteiger charge is -2.20. The Hall–Kier alpha value is -0.0400. The molecule has 0 heterocycles. The molecule has 0 aromatic rings. The summed E-state index contributed by atoms with van der Waals surface area (Å²) in [4.78, 5) is 0. The van der Waals surface area contributed by atoms with Crippen molar-refractivity contribution in [2.45, 2.75) is 53.0 Å². The van der Waals surface area contributed by atoms with Crippen molar-refractivity contribution in [1.82, 2.24) is 5.32 Å². The summed E-state index contributed by atoms with van der Waals surface area (Å²) in [7, 11) is 0. The van der Waals surface area contributed by atoms with Crippen molar-refractivity contribution in [2.75, 3.05) is 6.54 Å².